The van der Waals surface area contributed by atoms with Crippen LogP contribution in [-0.2, 0) is 26.7 Å². The molecule has 0 aliphatic heterocycles. The van der Waals surface area contributed by atoms with E-state index >= 15 is 0 Å². The largest absolute Gasteiger partial charge is 0.492 e. The van der Waals surface area contributed by atoms with Crippen LogP contribution in [0.3, 0.4) is 0 Å². The summed E-state index contributed by atoms with van der Waals surface area (Å²) < 4.78 is 79.2. The Morgan fingerprint density at radius 1 is 0.771 bits per heavy atom. The number of rotatable bonds is 12. The summed E-state index contributed by atoms with van der Waals surface area (Å²) in [7, 11) is -9.29. The first kappa shape index (κ1) is 27.4. The molecule has 0 aromatic heterocycles. The van der Waals surface area contributed by atoms with Gasteiger partial charge in [0.15, 0.2) is 0 Å². The molecule has 1 aliphatic carbocycles. The summed E-state index contributed by atoms with van der Waals surface area (Å²) in [6, 6.07) is 5.33. The normalized spacial score (nSPS) is 14.8. The molecule has 2 aromatic carbocycles. The minimum Gasteiger partial charge on any atom is -0.492 e. The SMILES string of the molecule is CCC(N)CCOc1cc2c(cc1S(=O)(=O)O)-c1cc(S(=O)(=O)O)c(OCCC(N)CC)cc1C2. The minimum atomic E-state index is -4.64. The highest BCUT2D eigenvalue weighted by Crippen LogP contribution is 2.44. The molecule has 194 valence electrons. The molecule has 0 saturated heterocycles. The number of benzene rings is 2. The quantitative estimate of drug-likeness (QED) is 0.255. The summed E-state index contributed by atoms with van der Waals surface area (Å²) in [5.41, 5.74) is 14.0. The Hall–Kier alpha value is -2.22. The number of fused-ring (bicyclic) bond motifs is 3. The van der Waals surface area contributed by atoms with E-state index in [9.17, 15) is 25.9 Å². The summed E-state index contributed by atoms with van der Waals surface area (Å²) in [6.07, 6.45) is 2.81. The summed E-state index contributed by atoms with van der Waals surface area (Å²) in [6.45, 7) is 4.18. The second-order valence-electron chi connectivity index (χ2n) is 8.65. The van der Waals surface area contributed by atoms with E-state index in [0.29, 0.717) is 41.5 Å². The molecule has 0 heterocycles. The Labute approximate surface area is 206 Å². The van der Waals surface area contributed by atoms with Crippen molar-refractivity contribution in [2.75, 3.05) is 13.2 Å². The van der Waals surface area contributed by atoms with Gasteiger partial charge in [-0.15, -0.1) is 0 Å². The van der Waals surface area contributed by atoms with Gasteiger partial charge in [0.05, 0.1) is 13.2 Å². The fourth-order valence-corrected chi connectivity index (χ4v) is 5.16. The van der Waals surface area contributed by atoms with E-state index in [-0.39, 0.29) is 36.8 Å². The fourth-order valence-electron chi connectivity index (χ4n) is 3.88. The van der Waals surface area contributed by atoms with E-state index in [2.05, 4.69) is 0 Å². The molecule has 10 nitrogen and oxygen atoms in total. The van der Waals surface area contributed by atoms with E-state index in [0.717, 1.165) is 12.8 Å². The lowest BCUT2D eigenvalue weighted by atomic mass is 10.1. The van der Waals surface area contributed by atoms with Gasteiger partial charge in [-0.1, -0.05) is 13.8 Å². The maximum absolute atomic E-state index is 12.1. The average molecular weight is 529 g/mol. The predicted octanol–water partition coefficient (Wildman–Crippen LogP) is 2.76. The van der Waals surface area contributed by atoms with Crippen molar-refractivity contribution in [1.29, 1.82) is 0 Å². The van der Waals surface area contributed by atoms with Crippen LogP contribution in [0.5, 0.6) is 11.5 Å². The van der Waals surface area contributed by atoms with Crippen LogP contribution in [0.2, 0.25) is 0 Å². The van der Waals surface area contributed by atoms with Crippen molar-refractivity contribution < 1.29 is 35.4 Å². The second kappa shape index (κ2) is 10.8. The zero-order valence-electron chi connectivity index (χ0n) is 19.7. The molecule has 0 amide bonds. The van der Waals surface area contributed by atoms with Crippen molar-refractivity contribution >= 4 is 20.2 Å². The van der Waals surface area contributed by atoms with Crippen LogP contribution >= 0.6 is 0 Å². The van der Waals surface area contributed by atoms with Gasteiger partial charge in [0.1, 0.15) is 21.3 Å². The van der Waals surface area contributed by atoms with Gasteiger partial charge in [-0.05, 0) is 78.6 Å². The lowest BCUT2D eigenvalue weighted by molar-refractivity contribution is 0.287. The molecule has 6 N–H and O–H groups in total. The van der Waals surface area contributed by atoms with Gasteiger partial charge >= 0.3 is 0 Å². The van der Waals surface area contributed by atoms with Gasteiger partial charge in [-0.2, -0.15) is 16.8 Å². The lowest BCUT2D eigenvalue weighted by Crippen LogP contribution is -2.21. The van der Waals surface area contributed by atoms with Crippen molar-refractivity contribution in [3.8, 4) is 22.6 Å². The van der Waals surface area contributed by atoms with Gasteiger partial charge in [-0.25, -0.2) is 0 Å². The first-order chi connectivity index (χ1) is 16.3. The second-order valence-corrected chi connectivity index (χ2v) is 11.4. The minimum absolute atomic E-state index is 0.0117. The number of ether oxygens (including phenoxy) is 2. The molecule has 35 heavy (non-hydrogen) atoms. The zero-order valence-corrected chi connectivity index (χ0v) is 21.4. The average Bonchev–Trinajstić information content (AvgIpc) is 3.12. The van der Waals surface area contributed by atoms with Crippen molar-refractivity contribution in [2.24, 2.45) is 11.5 Å². The Balaban J connectivity index is 2.01. The molecule has 0 radical (unpaired) electrons. The number of hydrogen-bond donors (Lipinski definition) is 4. The molecule has 0 fully saturated rings. The van der Waals surface area contributed by atoms with Gasteiger partial charge in [-0.3, -0.25) is 9.11 Å². The van der Waals surface area contributed by atoms with Gasteiger partial charge < -0.3 is 20.9 Å². The van der Waals surface area contributed by atoms with Crippen molar-refractivity contribution in [1.82, 2.24) is 0 Å². The van der Waals surface area contributed by atoms with E-state index in [1.54, 1.807) is 0 Å². The highest BCUT2D eigenvalue weighted by molar-refractivity contribution is 7.86. The van der Waals surface area contributed by atoms with E-state index in [1.165, 1.54) is 24.3 Å². The lowest BCUT2D eigenvalue weighted by Gasteiger charge is -2.15. The van der Waals surface area contributed by atoms with Crippen LogP contribution in [0.4, 0.5) is 0 Å². The maximum Gasteiger partial charge on any atom is 0.298 e. The van der Waals surface area contributed by atoms with Crippen molar-refractivity contribution in [3.05, 3.63) is 35.4 Å². The van der Waals surface area contributed by atoms with Crippen LogP contribution < -0.4 is 20.9 Å². The predicted molar refractivity (Wildman–Crippen MR) is 131 cm³/mol. The first-order valence-corrected chi connectivity index (χ1v) is 14.3. The maximum atomic E-state index is 12.1. The highest BCUT2D eigenvalue weighted by atomic mass is 32.2. The first-order valence-electron chi connectivity index (χ1n) is 11.4. The molecular weight excluding hydrogens is 496 g/mol. The van der Waals surface area contributed by atoms with Gasteiger partial charge in [0.25, 0.3) is 20.2 Å². The van der Waals surface area contributed by atoms with Gasteiger partial charge in [0.2, 0.25) is 0 Å². The fraction of sp³-hybridized carbons (Fsp3) is 0.478. The summed E-state index contributed by atoms with van der Waals surface area (Å²) in [5, 5.41) is 0. The topological polar surface area (TPSA) is 179 Å². The smallest absolute Gasteiger partial charge is 0.298 e. The summed E-state index contributed by atoms with van der Waals surface area (Å²) in [4.78, 5) is -0.868. The number of hydrogen-bond acceptors (Lipinski definition) is 8. The molecule has 3 rings (SSSR count). The molecule has 2 aromatic rings. The van der Waals surface area contributed by atoms with Crippen molar-refractivity contribution in [3.63, 3.8) is 0 Å². The van der Waals surface area contributed by atoms with Crippen LogP contribution in [0.25, 0.3) is 11.1 Å². The Bertz CT molecular complexity index is 1190. The molecule has 2 unspecified atom stereocenters. The van der Waals surface area contributed by atoms with Crippen LogP contribution in [0, 0.1) is 0 Å². The summed E-state index contributed by atoms with van der Waals surface area (Å²) in [5.74, 6) is -0.0234. The van der Waals surface area contributed by atoms with E-state index in [1.807, 2.05) is 13.8 Å². The molecule has 1 aliphatic rings. The molecule has 2 atom stereocenters. The van der Waals surface area contributed by atoms with E-state index < -0.39 is 30.0 Å². The van der Waals surface area contributed by atoms with Crippen LogP contribution in [-0.4, -0.2) is 51.2 Å². The molecule has 0 bridgehead atoms. The monoisotopic (exact) mass is 528 g/mol. The van der Waals surface area contributed by atoms with Crippen LogP contribution in [0.15, 0.2) is 34.1 Å². The highest BCUT2D eigenvalue weighted by Gasteiger charge is 2.29. The molecular formula is C23H32N2O8S2. The Kier molecular flexibility index (Phi) is 8.45. The Morgan fingerprint density at radius 2 is 1.14 bits per heavy atom. The zero-order chi connectivity index (χ0) is 26.0. The molecule has 12 heteroatoms. The third-order valence-corrected chi connectivity index (χ3v) is 7.86. The van der Waals surface area contributed by atoms with Gasteiger partial charge in [0, 0.05) is 12.1 Å². The van der Waals surface area contributed by atoms with Crippen LogP contribution in [0.1, 0.15) is 50.7 Å². The number of nitrogens with two attached hydrogens (primary N) is 2. The van der Waals surface area contributed by atoms with Crippen molar-refractivity contribution in [2.45, 2.75) is 67.8 Å². The molecule has 0 spiro atoms. The summed E-state index contributed by atoms with van der Waals surface area (Å²) >= 11 is 0. The third kappa shape index (κ3) is 6.51. The van der Waals surface area contributed by atoms with E-state index in [4.69, 9.17) is 20.9 Å². The Morgan fingerprint density at radius 3 is 1.46 bits per heavy atom. The molecule has 0 saturated carbocycles. The third-order valence-electron chi connectivity index (χ3n) is 6.11. The standard InChI is InChI=1S/C23H32N2O8S2/c1-3-16(24)5-7-32-20-10-14-9-15-11-21(33-8-6-17(25)4-2)23(35(29,30)31)13-19(15)18(14)12-22(20)34(26,27)28/h10-13,16-17H,3-9,24-25H2,1-2H3,(H,26,27,28)(H,29,30,31).